The summed E-state index contributed by atoms with van der Waals surface area (Å²) < 4.78 is 5.97. The molecule has 1 aromatic carbocycles. The maximum absolute atomic E-state index is 11.7. The fourth-order valence-electron chi connectivity index (χ4n) is 1.75. The molecule has 1 aromatic rings. The molecule has 20 heavy (non-hydrogen) atoms. The number of amides is 1. The van der Waals surface area contributed by atoms with E-state index in [0.29, 0.717) is 6.42 Å². The monoisotopic (exact) mass is 343 g/mol. The van der Waals surface area contributed by atoms with Gasteiger partial charge < -0.3 is 15.2 Å². The van der Waals surface area contributed by atoms with Gasteiger partial charge in [-0.2, -0.15) is 0 Å². The Morgan fingerprint density at radius 1 is 1.40 bits per heavy atom. The smallest absolute Gasteiger partial charge is 0.303 e. The first-order valence-electron chi connectivity index (χ1n) is 6.28. The third-order valence-corrected chi connectivity index (χ3v) is 3.47. The number of ether oxygens (including phenoxy) is 1. The third kappa shape index (κ3) is 5.21. The Morgan fingerprint density at radius 3 is 2.65 bits per heavy atom. The van der Waals surface area contributed by atoms with E-state index in [4.69, 9.17) is 9.84 Å². The van der Waals surface area contributed by atoms with E-state index in [0.717, 1.165) is 15.8 Å². The molecule has 0 aromatic heterocycles. The van der Waals surface area contributed by atoms with E-state index in [1.807, 2.05) is 25.1 Å². The quantitative estimate of drug-likeness (QED) is 0.798. The first-order valence-corrected chi connectivity index (χ1v) is 7.08. The van der Waals surface area contributed by atoms with Gasteiger partial charge in [0.05, 0.1) is 17.6 Å². The van der Waals surface area contributed by atoms with Crippen molar-refractivity contribution in [3.05, 3.63) is 28.2 Å². The first-order chi connectivity index (χ1) is 9.43. The van der Waals surface area contributed by atoms with Gasteiger partial charge >= 0.3 is 5.97 Å². The Balaban J connectivity index is 2.53. The zero-order chi connectivity index (χ0) is 15.1. The minimum atomic E-state index is -0.884. The normalized spacial score (nSPS) is 11.8. The van der Waals surface area contributed by atoms with Crippen LogP contribution in [-0.2, 0) is 9.59 Å². The van der Waals surface area contributed by atoms with Gasteiger partial charge in [0.2, 0.25) is 5.91 Å². The number of hydrogen-bond acceptors (Lipinski definition) is 3. The van der Waals surface area contributed by atoms with Gasteiger partial charge in [-0.1, -0.05) is 6.07 Å². The molecule has 1 unspecified atom stereocenters. The number of nitrogens with one attached hydrogen (secondary N) is 1. The van der Waals surface area contributed by atoms with Crippen molar-refractivity contribution in [3.63, 3.8) is 0 Å². The highest BCUT2D eigenvalue weighted by Gasteiger charge is 2.11. The van der Waals surface area contributed by atoms with E-state index in [1.165, 1.54) is 0 Å². The predicted octanol–water partition coefficient (Wildman–Crippen LogP) is 2.89. The zero-order valence-electron chi connectivity index (χ0n) is 11.5. The Kier molecular flexibility index (Phi) is 6.51. The highest BCUT2D eigenvalue weighted by Crippen LogP contribution is 2.27. The van der Waals surface area contributed by atoms with Crippen molar-refractivity contribution in [1.29, 1.82) is 0 Å². The molecule has 0 bridgehead atoms. The van der Waals surface area contributed by atoms with Gasteiger partial charge in [-0.25, -0.2) is 0 Å². The minimum absolute atomic E-state index is 0.00981. The number of halogens is 1. The average molecular weight is 344 g/mol. The van der Waals surface area contributed by atoms with Crippen LogP contribution in [0, 0.1) is 0 Å². The minimum Gasteiger partial charge on any atom is -0.496 e. The van der Waals surface area contributed by atoms with Crippen molar-refractivity contribution in [2.45, 2.75) is 32.2 Å². The van der Waals surface area contributed by atoms with Gasteiger partial charge in [-0.05, 0) is 47.0 Å². The first kappa shape index (κ1) is 16.5. The van der Waals surface area contributed by atoms with Crippen molar-refractivity contribution in [3.8, 4) is 5.75 Å². The molecule has 1 rings (SSSR count). The molecule has 0 aliphatic rings. The number of methoxy groups -OCH3 is 1. The summed E-state index contributed by atoms with van der Waals surface area (Å²) in [5, 5.41) is 11.4. The van der Waals surface area contributed by atoms with E-state index in [1.54, 1.807) is 7.11 Å². The van der Waals surface area contributed by atoms with Crippen molar-refractivity contribution in [2.24, 2.45) is 0 Å². The summed E-state index contributed by atoms with van der Waals surface area (Å²) in [5.74, 6) is -0.302. The molecule has 0 aliphatic carbocycles. The SMILES string of the molecule is COc1ccc(C(C)NC(=O)CCCC(=O)O)cc1Br. The average Bonchev–Trinajstić information content (AvgIpc) is 2.38. The lowest BCUT2D eigenvalue weighted by Gasteiger charge is -2.15. The number of carbonyl (C=O) groups is 2. The molecule has 110 valence electrons. The molecule has 0 spiro atoms. The summed E-state index contributed by atoms with van der Waals surface area (Å²) in [6, 6.07) is 5.45. The van der Waals surface area contributed by atoms with Crippen LogP contribution in [0.1, 0.15) is 37.8 Å². The van der Waals surface area contributed by atoms with Crippen molar-refractivity contribution >= 4 is 27.8 Å². The van der Waals surface area contributed by atoms with E-state index in [2.05, 4.69) is 21.2 Å². The molecule has 5 nitrogen and oxygen atoms in total. The van der Waals surface area contributed by atoms with Gasteiger partial charge in [-0.3, -0.25) is 9.59 Å². The Morgan fingerprint density at radius 2 is 2.10 bits per heavy atom. The molecule has 0 heterocycles. The van der Waals surface area contributed by atoms with Crippen LogP contribution >= 0.6 is 15.9 Å². The lowest BCUT2D eigenvalue weighted by molar-refractivity contribution is -0.137. The number of benzene rings is 1. The molecular formula is C14H18BrNO4. The molecule has 1 atom stereocenters. The fourth-order valence-corrected chi connectivity index (χ4v) is 2.31. The van der Waals surface area contributed by atoms with E-state index < -0.39 is 5.97 Å². The largest absolute Gasteiger partial charge is 0.496 e. The van der Waals surface area contributed by atoms with Crippen LogP contribution in [0.15, 0.2) is 22.7 Å². The van der Waals surface area contributed by atoms with E-state index in [9.17, 15) is 9.59 Å². The highest BCUT2D eigenvalue weighted by atomic mass is 79.9. The number of aliphatic carboxylic acids is 1. The molecular weight excluding hydrogens is 326 g/mol. The number of carboxylic acid groups (broad SMARTS) is 1. The Hall–Kier alpha value is -1.56. The molecule has 0 saturated carbocycles. The second kappa shape index (κ2) is 7.89. The summed E-state index contributed by atoms with van der Waals surface area (Å²) in [6.07, 6.45) is 0.573. The van der Waals surface area contributed by atoms with Crippen LogP contribution in [0.2, 0.25) is 0 Å². The van der Waals surface area contributed by atoms with Crippen molar-refractivity contribution in [2.75, 3.05) is 7.11 Å². The number of carboxylic acids is 1. The van der Waals surface area contributed by atoms with Crippen molar-refractivity contribution < 1.29 is 19.4 Å². The summed E-state index contributed by atoms with van der Waals surface area (Å²) >= 11 is 3.40. The van der Waals surface area contributed by atoms with Crippen LogP contribution in [-0.4, -0.2) is 24.1 Å². The van der Waals surface area contributed by atoms with Crippen LogP contribution < -0.4 is 10.1 Å². The van der Waals surface area contributed by atoms with Crippen LogP contribution in [0.4, 0.5) is 0 Å². The second-order valence-corrected chi connectivity index (χ2v) is 5.28. The molecule has 6 heteroatoms. The highest BCUT2D eigenvalue weighted by molar-refractivity contribution is 9.10. The van der Waals surface area contributed by atoms with Gasteiger partial charge in [0, 0.05) is 12.8 Å². The molecule has 2 N–H and O–H groups in total. The molecule has 0 fully saturated rings. The number of rotatable bonds is 7. The number of carbonyl (C=O) groups excluding carboxylic acids is 1. The van der Waals surface area contributed by atoms with Crippen LogP contribution in [0.3, 0.4) is 0 Å². The van der Waals surface area contributed by atoms with Gasteiger partial charge in [0.1, 0.15) is 5.75 Å². The summed E-state index contributed by atoms with van der Waals surface area (Å²) in [7, 11) is 1.59. The lowest BCUT2D eigenvalue weighted by atomic mass is 10.1. The van der Waals surface area contributed by atoms with E-state index in [-0.39, 0.29) is 24.8 Å². The van der Waals surface area contributed by atoms with Crippen LogP contribution in [0.25, 0.3) is 0 Å². The van der Waals surface area contributed by atoms with Crippen LogP contribution in [0.5, 0.6) is 5.75 Å². The Labute approximate surface area is 126 Å². The predicted molar refractivity (Wildman–Crippen MR) is 78.7 cm³/mol. The topological polar surface area (TPSA) is 75.6 Å². The standard InChI is InChI=1S/C14H18BrNO4/c1-9(16-13(17)4-3-5-14(18)19)10-6-7-12(20-2)11(15)8-10/h6-9H,3-5H2,1-2H3,(H,16,17)(H,18,19). The third-order valence-electron chi connectivity index (χ3n) is 2.85. The summed E-state index contributed by atoms with van der Waals surface area (Å²) in [6.45, 7) is 1.88. The fraction of sp³-hybridized carbons (Fsp3) is 0.429. The number of hydrogen-bond donors (Lipinski definition) is 2. The molecule has 1 amide bonds. The molecule has 0 radical (unpaired) electrons. The van der Waals surface area contributed by atoms with Crippen molar-refractivity contribution in [1.82, 2.24) is 5.32 Å². The maximum atomic E-state index is 11.7. The lowest BCUT2D eigenvalue weighted by Crippen LogP contribution is -2.26. The van der Waals surface area contributed by atoms with Gasteiger partial charge in [0.25, 0.3) is 0 Å². The van der Waals surface area contributed by atoms with E-state index >= 15 is 0 Å². The summed E-state index contributed by atoms with van der Waals surface area (Å²) in [4.78, 5) is 22.0. The zero-order valence-corrected chi connectivity index (χ0v) is 13.1. The molecule has 0 aliphatic heterocycles. The maximum Gasteiger partial charge on any atom is 0.303 e. The van der Waals surface area contributed by atoms with Gasteiger partial charge in [-0.15, -0.1) is 0 Å². The second-order valence-electron chi connectivity index (χ2n) is 4.43. The summed E-state index contributed by atoms with van der Waals surface area (Å²) in [5.41, 5.74) is 0.948. The Bertz CT molecular complexity index is 490. The molecule has 0 saturated heterocycles. The van der Waals surface area contributed by atoms with Gasteiger partial charge in [0.15, 0.2) is 0 Å².